The molecule has 1 fully saturated rings. The molecule has 0 amide bonds. The van der Waals surface area contributed by atoms with E-state index in [-0.39, 0.29) is 44.8 Å². The van der Waals surface area contributed by atoms with Crippen LogP contribution in [0.3, 0.4) is 0 Å². The highest BCUT2D eigenvalue weighted by atomic mass is 19.4. The van der Waals surface area contributed by atoms with Crippen molar-refractivity contribution >= 4 is 22.6 Å². The molecule has 1 aliphatic carbocycles. The first-order valence-electron chi connectivity index (χ1n) is 10.4. The maximum absolute atomic E-state index is 13.2. The van der Waals surface area contributed by atoms with Crippen molar-refractivity contribution in [2.24, 2.45) is 0 Å². The van der Waals surface area contributed by atoms with Gasteiger partial charge in [0.1, 0.15) is 17.0 Å². The van der Waals surface area contributed by atoms with E-state index in [4.69, 9.17) is 10.2 Å². The second-order valence-corrected chi connectivity index (χ2v) is 7.96. The number of fused-ring (bicyclic) bond motifs is 2. The summed E-state index contributed by atoms with van der Waals surface area (Å²) in [6, 6.07) is 6.60. The molecule has 3 heterocycles. The number of aromatic nitrogens is 2. The third-order valence-corrected chi connectivity index (χ3v) is 5.88. The van der Waals surface area contributed by atoms with Gasteiger partial charge in [-0.3, -0.25) is 4.79 Å². The van der Waals surface area contributed by atoms with E-state index in [1.54, 1.807) is 19.2 Å². The number of hydrogen-bond donors (Lipinski definition) is 2. The van der Waals surface area contributed by atoms with E-state index in [1.165, 1.54) is 6.07 Å². The molecular formula is C23H20F3N5O2. The van der Waals surface area contributed by atoms with Gasteiger partial charge in [-0.1, -0.05) is 0 Å². The first-order valence-corrected chi connectivity index (χ1v) is 10.4. The van der Waals surface area contributed by atoms with Gasteiger partial charge in [-0.15, -0.1) is 0 Å². The molecule has 170 valence electrons. The number of nitrogens with zero attached hydrogens (tertiary/aromatic N) is 3. The van der Waals surface area contributed by atoms with Crippen LogP contribution >= 0.6 is 0 Å². The smallest absolute Gasteiger partial charge is 0.416 e. The minimum Gasteiger partial charge on any atom is -0.452 e. The van der Waals surface area contributed by atoms with Gasteiger partial charge in [0.2, 0.25) is 0 Å². The molecular weight excluding hydrogens is 435 g/mol. The standard InChI is InChI=1S/C23H20F3N5O2/c1-12-19(27)20-22(33-16-10-14(23(24,25)26)3-4-15(16)30-20)18(21(12)32)13-2-5-17(29-11-13)31-8-6-28-7-9-31/h2-5,10-11,28H,6-9,27H2,1H3. The number of alkyl halides is 3. The molecule has 0 unspecified atom stereocenters. The van der Waals surface area contributed by atoms with E-state index in [0.29, 0.717) is 5.56 Å². The molecule has 0 spiro atoms. The van der Waals surface area contributed by atoms with E-state index >= 15 is 0 Å². The van der Waals surface area contributed by atoms with Crippen molar-refractivity contribution in [2.45, 2.75) is 13.1 Å². The van der Waals surface area contributed by atoms with Gasteiger partial charge in [0.25, 0.3) is 0 Å². The van der Waals surface area contributed by atoms with Crippen LogP contribution in [0.25, 0.3) is 33.7 Å². The Kier molecular flexibility index (Phi) is 4.97. The van der Waals surface area contributed by atoms with Crippen molar-refractivity contribution in [1.82, 2.24) is 15.3 Å². The highest BCUT2D eigenvalue weighted by Crippen LogP contribution is 2.39. The number of hydrogen-bond acceptors (Lipinski definition) is 7. The molecule has 1 aromatic carbocycles. The Morgan fingerprint density at radius 1 is 1.15 bits per heavy atom. The molecule has 3 N–H and O–H groups in total. The summed E-state index contributed by atoms with van der Waals surface area (Å²) >= 11 is 0. The molecule has 1 aromatic heterocycles. The van der Waals surface area contributed by atoms with Crippen molar-refractivity contribution in [3.63, 3.8) is 0 Å². The summed E-state index contributed by atoms with van der Waals surface area (Å²) in [6.45, 7) is 4.92. The summed E-state index contributed by atoms with van der Waals surface area (Å²) in [4.78, 5) is 24.2. The number of nitrogens with one attached hydrogen (secondary N) is 1. The SMILES string of the molecule is Cc1c(N)c2nc3ccc(C(F)(F)F)cc3oc-2c(-c2ccc(N3CCNCC3)nc2)c1=O. The average Bonchev–Trinajstić information content (AvgIpc) is 2.82. The highest BCUT2D eigenvalue weighted by molar-refractivity contribution is 5.90. The monoisotopic (exact) mass is 455 g/mol. The highest BCUT2D eigenvalue weighted by Gasteiger charge is 2.32. The van der Waals surface area contributed by atoms with Crippen LogP contribution in [0.2, 0.25) is 0 Å². The van der Waals surface area contributed by atoms with Crippen LogP contribution in [0.5, 0.6) is 0 Å². The Morgan fingerprint density at radius 3 is 2.58 bits per heavy atom. The number of piperazine rings is 1. The lowest BCUT2D eigenvalue weighted by Gasteiger charge is -2.28. The summed E-state index contributed by atoms with van der Waals surface area (Å²) in [7, 11) is 0. The van der Waals surface area contributed by atoms with Crippen LogP contribution in [0.15, 0.2) is 45.7 Å². The molecule has 7 nitrogen and oxygen atoms in total. The van der Waals surface area contributed by atoms with Crippen LogP contribution < -0.4 is 21.4 Å². The Bertz CT molecular complexity index is 1380. The minimum absolute atomic E-state index is 0.0339. The van der Waals surface area contributed by atoms with Crippen molar-refractivity contribution in [1.29, 1.82) is 0 Å². The summed E-state index contributed by atoms with van der Waals surface area (Å²) in [6.07, 6.45) is -2.98. The maximum atomic E-state index is 13.2. The summed E-state index contributed by atoms with van der Waals surface area (Å²) in [5.41, 5.74) is 6.30. The van der Waals surface area contributed by atoms with Crippen LogP contribution in [0.4, 0.5) is 24.7 Å². The third-order valence-electron chi connectivity index (χ3n) is 5.88. The van der Waals surface area contributed by atoms with E-state index in [0.717, 1.165) is 44.1 Å². The Labute approximate surface area is 186 Å². The summed E-state index contributed by atoms with van der Waals surface area (Å²) < 4.78 is 45.4. The molecule has 33 heavy (non-hydrogen) atoms. The fraction of sp³-hybridized carbons (Fsp3) is 0.261. The number of halogens is 3. The molecule has 2 aromatic rings. The van der Waals surface area contributed by atoms with Crippen LogP contribution in [-0.2, 0) is 6.18 Å². The second kappa shape index (κ2) is 7.73. The van der Waals surface area contributed by atoms with Gasteiger partial charge < -0.3 is 20.4 Å². The van der Waals surface area contributed by atoms with Crippen molar-refractivity contribution < 1.29 is 17.6 Å². The van der Waals surface area contributed by atoms with Crippen LogP contribution in [0, 0.1) is 6.92 Å². The first kappa shape index (κ1) is 21.2. The number of nitrogen functional groups attached to an aromatic ring is 1. The zero-order valence-corrected chi connectivity index (χ0v) is 17.7. The Hall–Kier alpha value is -3.66. The van der Waals surface area contributed by atoms with Crippen LogP contribution in [-0.4, -0.2) is 36.1 Å². The molecule has 0 bridgehead atoms. The predicted molar refractivity (Wildman–Crippen MR) is 119 cm³/mol. The van der Waals surface area contributed by atoms with Crippen LogP contribution in [0.1, 0.15) is 11.1 Å². The summed E-state index contributed by atoms with van der Waals surface area (Å²) in [5, 5.41) is 3.28. The summed E-state index contributed by atoms with van der Waals surface area (Å²) in [5.74, 6) is 0.811. The van der Waals surface area contributed by atoms with Crippen molar-refractivity contribution in [3.8, 4) is 22.6 Å². The van der Waals surface area contributed by atoms with Gasteiger partial charge in [0, 0.05) is 43.5 Å². The lowest BCUT2D eigenvalue weighted by molar-refractivity contribution is -0.137. The molecule has 1 saturated heterocycles. The van der Waals surface area contributed by atoms with Gasteiger partial charge in [0.15, 0.2) is 16.8 Å². The fourth-order valence-corrected chi connectivity index (χ4v) is 4.01. The zero-order chi connectivity index (χ0) is 23.3. The second-order valence-electron chi connectivity index (χ2n) is 7.96. The largest absolute Gasteiger partial charge is 0.452 e. The predicted octanol–water partition coefficient (Wildman–Crippen LogP) is 3.67. The van der Waals surface area contributed by atoms with E-state index in [2.05, 4.69) is 20.2 Å². The van der Waals surface area contributed by atoms with Gasteiger partial charge >= 0.3 is 6.18 Å². The third kappa shape index (κ3) is 3.66. The molecule has 0 atom stereocenters. The first-order chi connectivity index (χ1) is 15.7. The molecule has 3 aliphatic rings. The van der Waals surface area contributed by atoms with E-state index < -0.39 is 11.7 Å². The maximum Gasteiger partial charge on any atom is 0.416 e. The zero-order valence-electron chi connectivity index (χ0n) is 17.7. The lowest BCUT2D eigenvalue weighted by atomic mass is 9.97. The lowest BCUT2D eigenvalue weighted by Crippen LogP contribution is -2.43. The van der Waals surface area contributed by atoms with Crippen molar-refractivity contribution in [3.05, 3.63) is 57.9 Å². The Balaban J connectivity index is 1.70. The van der Waals surface area contributed by atoms with Gasteiger partial charge in [-0.05, 0) is 37.3 Å². The molecule has 0 radical (unpaired) electrons. The molecule has 10 heteroatoms. The van der Waals surface area contributed by atoms with Crippen molar-refractivity contribution in [2.75, 3.05) is 36.8 Å². The molecule has 0 saturated carbocycles. The number of anilines is 2. The number of benzene rings is 2. The van der Waals surface area contributed by atoms with Gasteiger partial charge in [0.05, 0.1) is 16.8 Å². The van der Waals surface area contributed by atoms with Gasteiger partial charge in [-0.25, -0.2) is 9.97 Å². The number of rotatable bonds is 2. The average molecular weight is 455 g/mol. The molecule has 2 aliphatic heterocycles. The van der Waals surface area contributed by atoms with E-state index in [9.17, 15) is 18.0 Å². The fourth-order valence-electron chi connectivity index (χ4n) is 4.01. The number of pyridine rings is 1. The number of nitrogens with two attached hydrogens (primary N) is 1. The molecule has 5 rings (SSSR count). The Morgan fingerprint density at radius 2 is 1.91 bits per heavy atom. The normalized spacial score (nSPS) is 14.8. The van der Waals surface area contributed by atoms with Gasteiger partial charge in [-0.2, -0.15) is 13.2 Å². The quantitative estimate of drug-likeness (QED) is 0.352. The minimum atomic E-state index is -4.54. The van der Waals surface area contributed by atoms with E-state index in [1.807, 2.05) is 6.07 Å². The topological polar surface area (TPSA) is 97.3 Å².